The van der Waals surface area contributed by atoms with E-state index in [4.69, 9.17) is 10.5 Å². The van der Waals surface area contributed by atoms with Crippen molar-refractivity contribution < 1.29 is 9.53 Å². The van der Waals surface area contributed by atoms with E-state index in [0.29, 0.717) is 32.7 Å². The first-order chi connectivity index (χ1) is 8.74. The summed E-state index contributed by atoms with van der Waals surface area (Å²) < 4.78 is 5.53. The van der Waals surface area contributed by atoms with E-state index in [1.807, 2.05) is 30.3 Å². The second-order valence-electron chi connectivity index (χ2n) is 4.25. The van der Waals surface area contributed by atoms with Gasteiger partial charge in [-0.25, -0.2) is 0 Å². The SMILES string of the molecule is CN(CCOCc1ccccc1)C(=O)CCCN.Cl. The third-order valence-electron chi connectivity index (χ3n) is 2.70. The van der Waals surface area contributed by atoms with Crippen molar-refractivity contribution in [2.75, 3.05) is 26.7 Å². The molecule has 1 amide bonds. The van der Waals surface area contributed by atoms with E-state index in [1.54, 1.807) is 11.9 Å². The van der Waals surface area contributed by atoms with Crippen LogP contribution in [0.5, 0.6) is 0 Å². The van der Waals surface area contributed by atoms with E-state index in [0.717, 1.165) is 12.0 Å². The number of halogens is 1. The van der Waals surface area contributed by atoms with E-state index in [9.17, 15) is 4.79 Å². The Morgan fingerprint density at radius 3 is 2.63 bits per heavy atom. The molecule has 1 aromatic rings. The van der Waals surface area contributed by atoms with E-state index in [1.165, 1.54) is 0 Å². The summed E-state index contributed by atoms with van der Waals surface area (Å²) in [7, 11) is 1.80. The molecule has 19 heavy (non-hydrogen) atoms. The second kappa shape index (κ2) is 10.8. The average Bonchev–Trinajstić information content (AvgIpc) is 2.41. The zero-order valence-corrected chi connectivity index (χ0v) is 12.2. The Morgan fingerprint density at radius 2 is 2.00 bits per heavy atom. The minimum atomic E-state index is 0. The van der Waals surface area contributed by atoms with Crippen molar-refractivity contribution in [2.45, 2.75) is 19.4 Å². The lowest BCUT2D eigenvalue weighted by Crippen LogP contribution is -2.30. The summed E-state index contributed by atoms with van der Waals surface area (Å²) in [5, 5.41) is 0. The lowest BCUT2D eigenvalue weighted by molar-refractivity contribution is -0.130. The Kier molecular flexibility index (Phi) is 10.2. The predicted octanol–water partition coefficient (Wildman–Crippen LogP) is 1.82. The van der Waals surface area contributed by atoms with Crippen LogP contribution in [0.4, 0.5) is 0 Å². The topological polar surface area (TPSA) is 55.6 Å². The standard InChI is InChI=1S/C14H22N2O2.ClH/c1-16(14(17)8-5-9-15)10-11-18-12-13-6-3-2-4-7-13;/h2-4,6-7H,5,8-12,15H2,1H3;1H. The summed E-state index contributed by atoms with van der Waals surface area (Å²) in [6.45, 7) is 2.33. The molecule has 0 aliphatic heterocycles. The Bertz CT molecular complexity index is 347. The maximum atomic E-state index is 11.6. The molecule has 0 fully saturated rings. The van der Waals surface area contributed by atoms with Crippen molar-refractivity contribution in [3.63, 3.8) is 0 Å². The lowest BCUT2D eigenvalue weighted by Gasteiger charge is -2.17. The van der Waals surface area contributed by atoms with Gasteiger partial charge in [0.1, 0.15) is 0 Å². The van der Waals surface area contributed by atoms with E-state index >= 15 is 0 Å². The number of rotatable bonds is 8. The number of amides is 1. The molecule has 0 spiro atoms. The molecule has 0 atom stereocenters. The smallest absolute Gasteiger partial charge is 0.222 e. The molecule has 0 saturated carbocycles. The fraction of sp³-hybridized carbons (Fsp3) is 0.500. The normalized spacial score (nSPS) is 9.79. The van der Waals surface area contributed by atoms with Gasteiger partial charge in [-0.05, 0) is 18.5 Å². The van der Waals surface area contributed by atoms with Crippen molar-refractivity contribution >= 4 is 18.3 Å². The largest absolute Gasteiger partial charge is 0.375 e. The number of carbonyl (C=O) groups is 1. The number of nitrogens with zero attached hydrogens (tertiary/aromatic N) is 1. The van der Waals surface area contributed by atoms with Crippen LogP contribution in [-0.2, 0) is 16.1 Å². The third kappa shape index (κ3) is 7.82. The summed E-state index contributed by atoms with van der Waals surface area (Å²) in [4.78, 5) is 13.3. The van der Waals surface area contributed by atoms with Crippen LogP contribution in [0.1, 0.15) is 18.4 Å². The molecular formula is C14H23ClN2O2. The summed E-state index contributed by atoms with van der Waals surface area (Å²) in [5.41, 5.74) is 6.52. The van der Waals surface area contributed by atoms with Gasteiger partial charge >= 0.3 is 0 Å². The Balaban J connectivity index is 0.00000324. The fourth-order valence-corrected chi connectivity index (χ4v) is 1.53. The molecule has 1 rings (SSSR count). The van der Waals surface area contributed by atoms with Crippen LogP contribution in [0, 0.1) is 0 Å². The van der Waals surface area contributed by atoms with Crippen molar-refractivity contribution in [3.8, 4) is 0 Å². The summed E-state index contributed by atoms with van der Waals surface area (Å²) in [6, 6.07) is 10.0. The van der Waals surface area contributed by atoms with Crippen molar-refractivity contribution in [3.05, 3.63) is 35.9 Å². The molecule has 0 bridgehead atoms. The van der Waals surface area contributed by atoms with Crippen LogP contribution in [0.2, 0.25) is 0 Å². The van der Waals surface area contributed by atoms with Gasteiger partial charge in [-0.1, -0.05) is 30.3 Å². The molecule has 0 aliphatic carbocycles. The number of nitrogens with two attached hydrogens (primary N) is 1. The van der Waals surface area contributed by atoms with E-state index in [2.05, 4.69) is 0 Å². The van der Waals surface area contributed by atoms with Gasteiger partial charge in [-0.3, -0.25) is 4.79 Å². The number of likely N-dealkylation sites (N-methyl/N-ethyl adjacent to an activating group) is 1. The Labute approximate surface area is 121 Å². The van der Waals surface area contributed by atoms with Gasteiger partial charge in [0.05, 0.1) is 13.2 Å². The van der Waals surface area contributed by atoms with E-state index < -0.39 is 0 Å². The summed E-state index contributed by atoms with van der Waals surface area (Å²) >= 11 is 0. The number of hydrogen-bond acceptors (Lipinski definition) is 3. The van der Waals surface area contributed by atoms with Gasteiger partial charge < -0.3 is 15.4 Å². The molecule has 4 nitrogen and oxygen atoms in total. The highest BCUT2D eigenvalue weighted by molar-refractivity contribution is 5.85. The highest BCUT2D eigenvalue weighted by Crippen LogP contribution is 2.00. The number of ether oxygens (including phenoxy) is 1. The first-order valence-corrected chi connectivity index (χ1v) is 6.29. The van der Waals surface area contributed by atoms with Crippen LogP contribution in [0.3, 0.4) is 0 Å². The van der Waals surface area contributed by atoms with Gasteiger partial charge in [0.15, 0.2) is 0 Å². The average molecular weight is 287 g/mol. The fourth-order valence-electron chi connectivity index (χ4n) is 1.53. The maximum absolute atomic E-state index is 11.6. The van der Waals surface area contributed by atoms with Gasteiger partial charge in [0.25, 0.3) is 0 Å². The highest BCUT2D eigenvalue weighted by atomic mass is 35.5. The van der Waals surface area contributed by atoms with Gasteiger partial charge in [-0.15, -0.1) is 12.4 Å². The highest BCUT2D eigenvalue weighted by Gasteiger charge is 2.07. The number of hydrogen-bond donors (Lipinski definition) is 1. The molecule has 0 aliphatic rings. The van der Waals surface area contributed by atoms with Crippen molar-refractivity contribution in [1.82, 2.24) is 4.90 Å². The van der Waals surface area contributed by atoms with Crippen molar-refractivity contribution in [1.29, 1.82) is 0 Å². The molecule has 0 saturated heterocycles. The maximum Gasteiger partial charge on any atom is 0.222 e. The molecule has 0 heterocycles. The molecule has 1 aromatic carbocycles. The molecule has 5 heteroatoms. The summed E-state index contributed by atoms with van der Waals surface area (Å²) in [6.07, 6.45) is 1.26. The minimum Gasteiger partial charge on any atom is -0.375 e. The molecule has 0 radical (unpaired) electrons. The number of benzene rings is 1. The van der Waals surface area contributed by atoms with Gasteiger partial charge in [0, 0.05) is 20.0 Å². The van der Waals surface area contributed by atoms with Gasteiger partial charge in [0.2, 0.25) is 5.91 Å². The predicted molar refractivity (Wildman–Crippen MR) is 79.3 cm³/mol. The monoisotopic (exact) mass is 286 g/mol. The zero-order valence-electron chi connectivity index (χ0n) is 11.4. The third-order valence-corrected chi connectivity index (χ3v) is 2.70. The van der Waals surface area contributed by atoms with E-state index in [-0.39, 0.29) is 18.3 Å². The van der Waals surface area contributed by atoms with Crippen LogP contribution >= 0.6 is 12.4 Å². The number of carbonyl (C=O) groups excluding carboxylic acids is 1. The zero-order chi connectivity index (χ0) is 13.2. The van der Waals surface area contributed by atoms with Crippen LogP contribution in [0.15, 0.2) is 30.3 Å². The first kappa shape index (κ1) is 17.9. The molecular weight excluding hydrogens is 264 g/mol. The van der Waals surface area contributed by atoms with Gasteiger partial charge in [-0.2, -0.15) is 0 Å². The van der Waals surface area contributed by atoms with Crippen LogP contribution in [0.25, 0.3) is 0 Å². The van der Waals surface area contributed by atoms with Crippen molar-refractivity contribution in [2.24, 2.45) is 5.73 Å². The molecule has 2 N–H and O–H groups in total. The molecule has 108 valence electrons. The summed E-state index contributed by atoms with van der Waals surface area (Å²) in [5.74, 6) is 0.128. The van der Waals surface area contributed by atoms with Crippen LogP contribution in [-0.4, -0.2) is 37.6 Å². The minimum absolute atomic E-state index is 0. The molecule has 0 aromatic heterocycles. The Morgan fingerprint density at radius 1 is 1.32 bits per heavy atom. The first-order valence-electron chi connectivity index (χ1n) is 6.29. The second-order valence-corrected chi connectivity index (χ2v) is 4.25. The molecule has 0 unspecified atom stereocenters. The lowest BCUT2D eigenvalue weighted by atomic mass is 10.2. The van der Waals surface area contributed by atoms with Crippen LogP contribution < -0.4 is 5.73 Å². The Hall–Kier alpha value is -1.10. The quantitative estimate of drug-likeness (QED) is 0.742.